The van der Waals surface area contributed by atoms with Crippen molar-refractivity contribution in [1.82, 2.24) is 4.90 Å². The van der Waals surface area contributed by atoms with E-state index < -0.39 is 28.8 Å². The maximum atomic E-state index is 14.7. The molecule has 6 unspecified atom stereocenters. The molecule has 2 N–H and O–H groups in total. The van der Waals surface area contributed by atoms with E-state index >= 15 is 0 Å². The number of aliphatic hydroxyl groups excluding tert-OH is 2. The molecule has 3 aromatic carbocycles. The van der Waals surface area contributed by atoms with E-state index in [1.165, 1.54) is 23.1 Å². The number of hydrogen-bond acceptors (Lipinski definition) is 11. The van der Waals surface area contributed by atoms with Gasteiger partial charge < -0.3 is 38.9 Å². The molecular weight excluding hydrogens is 786 g/mol. The van der Waals surface area contributed by atoms with Crippen LogP contribution in [0.5, 0.6) is 11.5 Å². The predicted octanol–water partition coefficient (Wildman–Crippen LogP) is 8.79. The summed E-state index contributed by atoms with van der Waals surface area (Å²) in [6.45, 7) is 8.04. The molecule has 6 atom stereocenters. The molecule has 61 heavy (non-hydrogen) atoms. The third kappa shape index (κ3) is 10.3. The van der Waals surface area contributed by atoms with E-state index in [9.17, 15) is 29.5 Å². The molecule has 0 radical (unpaired) electrons. The second-order valence-electron chi connectivity index (χ2n) is 15.7. The second-order valence-corrected chi connectivity index (χ2v) is 15.7. The lowest BCUT2D eigenvalue weighted by molar-refractivity contribution is -0.384. The highest BCUT2D eigenvalue weighted by molar-refractivity contribution is 6.02. The first-order valence-corrected chi connectivity index (χ1v) is 21.0. The van der Waals surface area contributed by atoms with Crippen molar-refractivity contribution in [2.75, 3.05) is 33.5 Å². The maximum Gasteiger partial charge on any atom is 0.409 e. The number of aliphatic hydroxyl groups is 2. The number of fused-ring (bicyclic) bond motifs is 2. The molecule has 0 saturated heterocycles. The van der Waals surface area contributed by atoms with Crippen LogP contribution in [0.25, 0.3) is 0 Å². The lowest BCUT2D eigenvalue weighted by Crippen LogP contribution is -2.69. The third-order valence-corrected chi connectivity index (χ3v) is 11.9. The Bertz CT molecular complexity index is 2060. The van der Waals surface area contributed by atoms with Crippen LogP contribution in [0, 0.1) is 33.7 Å². The van der Waals surface area contributed by atoms with Gasteiger partial charge in [0.25, 0.3) is 5.69 Å². The van der Waals surface area contributed by atoms with Gasteiger partial charge in [0.1, 0.15) is 36.6 Å². The number of halogens is 1. The average Bonchev–Trinajstić information content (AvgIpc) is 3.26. The third-order valence-electron chi connectivity index (χ3n) is 11.9. The van der Waals surface area contributed by atoms with Gasteiger partial charge in [-0.05, 0) is 91.5 Å². The van der Waals surface area contributed by atoms with E-state index in [-0.39, 0.29) is 75.3 Å². The van der Waals surface area contributed by atoms with Gasteiger partial charge in [0, 0.05) is 55.9 Å². The van der Waals surface area contributed by atoms with Crippen LogP contribution in [0.2, 0.25) is 0 Å². The molecule has 2 aliphatic carbocycles. The molecule has 0 aromatic heterocycles. The number of benzene rings is 3. The van der Waals surface area contributed by atoms with Gasteiger partial charge in [0.2, 0.25) is 5.79 Å². The number of nitrogens with zero attached hydrogens (tertiary/aromatic N) is 3. The predicted molar refractivity (Wildman–Crippen MR) is 227 cm³/mol. The number of amides is 1. The number of ether oxygens (including phenoxy) is 4. The Kier molecular flexibility index (Phi) is 15.7. The number of likely N-dealkylation sites (N-methyl/N-ethyl adjacent to an activating group) is 1. The number of hydrogen-bond donors (Lipinski definition) is 2. The number of carbonyl (C=O) groups is 1. The zero-order valence-electron chi connectivity index (χ0n) is 34.7. The Labute approximate surface area is 356 Å². The van der Waals surface area contributed by atoms with Gasteiger partial charge in [-0.3, -0.25) is 10.1 Å². The van der Waals surface area contributed by atoms with Crippen LogP contribution in [0.1, 0.15) is 74.0 Å². The van der Waals surface area contributed by atoms with E-state index in [1.54, 1.807) is 55.6 Å². The Morgan fingerprint density at radius 3 is 2.49 bits per heavy atom. The monoisotopic (exact) mass is 841 g/mol. The second kappa shape index (κ2) is 21.3. The first-order valence-electron chi connectivity index (χ1n) is 21.0. The molecule has 1 heterocycles. The first kappa shape index (κ1) is 45.0. The van der Waals surface area contributed by atoms with Crippen LogP contribution >= 0.6 is 0 Å². The van der Waals surface area contributed by atoms with Gasteiger partial charge >= 0.3 is 6.09 Å². The Morgan fingerprint density at radius 2 is 1.79 bits per heavy atom. The Balaban J connectivity index is 1.51. The molecule has 1 saturated carbocycles. The number of allylic oxidation sites excluding steroid dienone is 1. The minimum absolute atomic E-state index is 0.00536. The minimum Gasteiger partial charge on any atom is -0.489 e. The SMILES string of the molecule is C=CCCOC(=O)N(C)C1CC(=NOCc2ccc([N+](=O)[O-])cc2)C2=CC(CCCCO)C(CCCCO)C3c4cc(OCc5ccccc5F)ccc4OC1(OCC=C)C23. The summed E-state index contributed by atoms with van der Waals surface area (Å²) in [5.74, 6) is -1.71. The van der Waals surface area contributed by atoms with E-state index in [0.717, 1.165) is 36.8 Å². The fourth-order valence-corrected chi connectivity index (χ4v) is 8.95. The van der Waals surface area contributed by atoms with Crippen molar-refractivity contribution in [3.8, 4) is 11.5 Å². The normalized spacial score (nSPS) is 23.1. The van der Waals surface area contributed by atoms with Crippen LogP contribution in [0.15, 0.2) is 109 Å². The average molecular weight is 842 g/mol. The molecule has 6 rings (SSSR count). The summed E-state index contributed by atoms with van der Waals surface area (Å²) in [4.78, 5) is 32.3. The summed E-state index contributed by atoms with van der Waals surface area (Å²) < 4.78 is 40.7. The fourth-order valence-electron chi connectivity index (χ4n) is 8.95. The summed E-state index contributed by atoms with van der Waals surface area (Å²) in [6.07, 6.45) is 9.78. The van der Waals surface area contributed by atoms with Crippen molar-refractivity contribution in [1.29, 1.82) is 0 Å². The first-order chi connectivity index (χ1) is 29.6. The molecule has 1 aliphatic heterocycles. The lowest BCUT2D eigenvalue weighted by atomic mass is 9.55. The highest BCUT2D eigenvalue weighted by Crippen LogP contribution is 2.62. The van der Waals surface area contributed by atoms with Crippen molar-refractivity contribution < 1.29 is 48.1 Å². The van der Waals surface area contributed by atoms with E-state index in [0.29, 0.717) is 47.6 Å². The lowest BCUT2D eigenvalue weighted by Gasteiger charge is -2.59. The van der Waals surface area contributed by atoms with Crippen molar-refractivity contribution in [2.45, 2.75) is 82.3 Å². The van der Waals surface area contributed by atoms with E-state index in [1.807, 2.05) is 12.1 Å². The number of oxime groups is 1. The van der Waals surface area contributed by atoms with Gasteiger partial charge in [0.15, 0.2) is 0 Å². The van der Waals surface area contributed by atoms with Crippen molar-refractivity contribution in [3.63, 3.8) is 0 Å². The molecule has 3 aliphatic rings. The highest BCUT2D eigenvalue weighted by Gasteiger charge is 2.65. The zero-order chi connectivity index (χ0) is 43.4. The molecular formula is C47H56FN3O10. The van der Waals surface area contributed by atoms with Gasteiger partial charge in [-0.1, -0.05) is 54.4 Å². The van der Waals surface area contributed by atoms with Gasteiger partial charge in [-0.25, -0.2) is 9.18 Å². The summed E-state index contributed by atoms with van der Waals surface area (Å²) in [7, 11) is 1.65. The molecule has 326 valence electrons. The number of rotatable bonds is 22. The summed E-state index contributed by atoms with van der Waals surface area (Å²) in [6, 6.07) is 17.3. The Morgan fingerprint density at radius 1 is 1.03 bits per heavy atom. The molecule has 14 heteroatoms. The fraction of sp³-hybridized carbons (Fsp3) is 0.447. The summed E-state index contributed by atoms with van der Waals surface area (Å²) in [5.41, 5.74) is 3.30. The van der Waals surface area contributed by atoms with Crippen molar-refractivity contribution in [2.24, 2.45) is 22.9 Å². The van der Waals surface area contributed by atoms with Crippen LogP contribution < -0.4 is 9.47 Å². The standard InChI is InChI=1S/C47H56FN3O10/c1-4-6-26-57-46(54)50(3)43-29-41(49-60-30-32-17-19-35(20-18-32)51(55)56)38-27-33(13-9-11-23-52)37(15-10-12-24-53)44-39-28-36(58-31-34-14-7-8-16-40(34)48)21-22-42(39)61-47(43,45(38)44)59-25-5-2/h4-5,7-8,14,16-22,27-28,33,37,43-45,52-53H,1-2,6,9-13,15,23-26,29-31H2,3H3. The van der Waals surface area contributed by atoms with Crippen LogP contribution in [-0.2, 0) is 27.5 Å². The van der Waals surface area contributed by atoms with Crippen LogP contribution in [-0.4, -0.2) is 77.1 Å². The minimum atomic E-state index is -1.48. The van der Waals surface area contributed by atoms with Crippen molar-refractivity contribution >= 4 is 17.5 Å². The number of carbonyl (C=O) groups excluding carboxylic acids is 1. The molecule has 1 amide bonds. The smallest absolute Gasteiger partial charge is 0.409 e. The largest absolute Gasteiger partial charge is 0.489 e. The summed E-state index contributed by atoms with van der Waals surface area (Å²) >= 11 is 0. The number of unbranched alkanes of at least 4 members (excludes halogenated alkanes) is 2. The van der Waals surface area contributed by atoms with E-state index in [4.69, 9.17) is 28.9 Å². The summed E-state index contributed by atoms with van der Waals surface area (Å²) in [5, 5.41) is 35.8. The molecule has 0 bridgehead atoms. The molecule has 13 nitrogen and oxygen atoms in total. The highest BCUT2D eigenvalue weighted by atomic mass is 19.1. The molecule has 3 aromatic rings. The Hall–Kier alpha value is -5.57. The number of nitro groups is 1. The number of nitro benzene ring substituents is 1. The number of non-ortho nitro benzene ring substituents is 1. The van der Waals surface area contributed by atoms with Gasteiger partial charge in [0.05, 0.1) is 29.8 Å². The zero-order valence-corrected chi connectivity index (χ0v) is 34.7. The van der Waals surface area contributed by atoms with Crippen LogP contribution in [0.4, 0.5) is 14.9 Å². The maximum absolute atomic E-state index is 14.7. The topological polar surface area (TPSA) is 162 Å². The van der Waals surface area contributed by atoms with Crippen molar-refractivity contribution in [3.05, 3.63) is 136 Å². The van der Waals surface area contributed by atoms with Gasteiger partial charge in [-0.2, -0.15) is 0 Å². The van der Waals surface area contributed by atoms with Gasteiger partial charge in [-0.15, -0.1) is 13.2 Å². The van der Waals surface area contributed by atoms with E-state index in [2.05, 4.69) is 19.2 Å². The molecule has 0 spiro atoms. The quantitative estimate of drug-likeness (QED) is 0.0433. The molecule has 1 fully saturated rings. The van der Waals surface area contributed by atoms with Crippen LogP contribution in [0.3, 0.4) is 0 Å².